The van der Waals surface area contributed by atoms with Crippen molar-refractivity contribution in [1.82, 2.24) is 9.62 Å². The molecule has 0 unspecified atom stereocenters. The molecule has 1 saturated heterocycles. The molecular weight excluding hydrogens is 388 g/mol. The average Bonchev–Trinajstić information content (AvgIpc) is 2.77. The van der Waals surface area contributed by atoms with Gasteiger partial charge in [0.15, 0.2) is 0 Å². The molecule has 0 radical (unpaired) electrons. The number of nitrogens with zero attached hydrogens (tertiary/aromatic N) is 1. The summed E-state index contributed by atoms with van der Waals surface area (Å²) in [6.45, 7) is 1.37. The molecule has 6 nitrogen and oxygen atoms in total. The second-order valence-corrected chi connectivity index (χ2v) is 9.17. The summed E-state index contributed by atoms with van der Waals surface area (Å²) in [7, 11) is -1.83. The minimum atomic E-state index is -3.48. The quantitative estimate of drug-likeness (QED) is 0.672. The van der Waals surface area contributed by atoms with Gasteiger partial charge in [0.2, 0.25) is 15.9 Å². The lowest BCUT2D eigenvalue weighted by atomic mass is 9.97. The number of rotatable bonds is 8. The second-order valence-electron chi connectivity index (χ2n) is 7.23. The Labute approximate surface area is 172 Å². The van der Waals surface area contributed by atoms with Gasteiger partial charge in [-0.25, -0.2) is 8.42 Å². The molecule has 0 saturated carbocycles. The Morgan fingerprint density at radius 2 is 1.72 bits per heavy atom. The van der Waals surface area contributed by atoms with Gasteiger partial charge in [-0.1, -0.05) is 30.3 Å². The fourth-order valence-corrected chi connectivity index (χ4v) is 5.03. The Balaban J connectivity index is 1.40. The summed E-state index contributed by atoms with van der Waals surface area (Å²) in [5, 5.41) is 3.00. The predicted molar refractivity (Wildman–Crippen MR) is 112 cm³/mol. The number of sulfonamides is 1. The molecule has 0 aliphatic carbocycles. The van der Waals surface area contributed by atoms with Gasteiger partial charge in [0.05, 0.1) is 12.0 Å². The molecule has 2 aromatic carbocycles. The molecule has 2 aromatic rings. The zero-order valence-electron chi connectivity index (χ0n) is 16.7. The van der Waals surface area contributed by atoms with Crippen molar-refractivity contribution in [3.8, 4) is 5.75 Å². The highest BCUT2D eigenvalue weighted by Crippen LogP contribution is 2.23. The summed E-state index contributed by atoms with van der Waals surface area (Å²) in [5.74, 6) is 0.734. The number of nitrogens with one attached hydrogen (secondary N) is 1. The van der Waals surface area contributed by atoms with Crippen molar-refractivity contribution >= 4 is 15.9 Å². The molecule has 1 fully saturated rings. The van der Waals surface area contributed by atoms with E-state index in [0.29, 0.717) is 37.4 Å². The maximum atomic E-state index is 12.7. The minimum Gasteiger partial charge on any atom is -0.497 e. The maximum absolute atomic E-state index is 12.7. The highest BCUT2D eigenvalue weighted by atomic mass is 32.2. The van der Waals surface area contributed by atoms with Crippen molar-refractivity contribution in [3.05, 3.63) is 60.2 Å². The highest BCUT2D eigenvalue weighted by molar-refractivity contribution is 7.89. The Bertz CT molecular complexity index is 890. The minimum absolute atomic E-state index is 0.0245. The van der Waals surface area contributed by atoms with Crippen LogP contribution in [0.25, 0.3) is 0 Å². The third-order valence-electron chi connectivity index (χ3n) is 5.31. The van der Waals surface area contributed by atoms with E-state index in [1.807, 2.05) is 24.3 Å². The van der Waals surface area contributed by atoms with E-state index >= 15 is 0 Å². The number of benzene rings is 2. The summed E-state index contributed by atoms with van der Waals surface area (Å²) >= 11 is 0. The Kier molecular flexibility index (Phi) is 7.28. The first-order valence-electron chi connectivity index (χ1n) is 9.96. The van der Waals surface area contributed by atoms with Gasteiger partial charge < -0.3 is 10.1 Å². The van der Waals surface area contributed by atoms with E-state index < -0.39 is 10.0 Å². The Hall–Kier alpha value is -2.38. The van der Waals surface area contributed by atoms with Gasteiger partial charge >= 0.3 is 0 Å². The van der Waals surface area contributed by atoms with Gasteiger partial charge in [-0.2, -0.15) is 4.31 Å². The fraction of sp³-hybridized carbons (Fsp3) is 0.409. The lowest BCUT2D eigenvalue weighted by Crippen LogP contribution is -2.43. The third-order valence-corrected chi connectivity index (χ3v) is 7.22. The van der Waals surface area contributed by atoms with Gasteiger partial charge in [0.25, 0.3) is 0 Å². The number of ether oxygens (including phenoxy) is 1. The number of aryl methyl sites for hydroxylation is 1. The Morgan fingerprint density at radius 1 is 1.07 bits per heavy atom. The fourth-order valence-electron chi connectivity index (χ4n) is 3.54. The van der Waals surface area contributed by atoms with Crippen molar-refractivity contribution in [2.75, 3.05) is 26.7 Å². The van der Waals surface area contributed by atoms with Crippen LogP contribution in [0.15, 0.2) is 59.5 Å². The Morgan fingerprint density at radius 3 is 2.34 bits per heavy atom. The molecule has 0 spiro atoms. The molecule has 1 heterocycles. The molecule has 1 aliphatic heterocycles. The summed E-state index contributed by atoms with van der Waals surface area (Å²) in [6, 6.07) is 16.4. The van der Waals surface area contributed by atoms with Gasteiger partial charge in [0.1, 0.15) is 5.75 Å². The second kappa shape index (κ2) is 9.89. The number of carbonyl (C=O) groups is 1. The van der Waals surface area contributed by atoms with Crippen molar-refractivity contribution in [1.29, 1.82) is 0 Å². The van der Waals surface area contributed by atoms with Crippen molar-refractivity contribution in [2.45, 2.75) is 30.6 Å². The van der Waals surface area contributed by atoms with E-state index in [-0.39, 0.29) is 11.8 Å². The maximum Gasteiger partial charge on any atom is 0.243 e. The molecule has 29 heavy (non-hydrogen) atoms. The number of amides is 1. The highest BCUT2D eigenvalue weighted by Gasteiger charge is 2.31. The van der Waals surface area contributed by atoms with Crippen LogP contribution in [0.5, 0.6) is 5.75 Å². The van der Waals surface area contributed by atoms with Crippen LogP contribution in [-0.2, 0) is 21.2 Å². The van der Waals surface area contributed by atoms with Crippen LogP contribution in [0.1, 0.15) is 24.8 Å². The van der Waals surface area contributed by atoms with Crippen LogP contribution >= 0.6 is 0 Å². The number of carbonyl (C=O) groups excluding carboxylic acids is 1. The average molecular weight is 417 g/mol. The molecular formula is C22H28N2O4S. The van der Waals surface area contributed by atoms with E-state index in [2.05, 4.69) is 5.32 Å². The summed E-state index contributed by atoms with van der Waals surface area (Å²) < 4.78 is 32.0. The molecule has 1 amide bonds. The van der Waals surface area contributed by atoms with Crippen molar-refractivity contribution in [3.63, 3.8) is 0 Å². The molecule has 1 aliphatic rings. The van der Waals surface area contributed by atoms with E-state index in [0.717, 1.165) is 18.6 Å². The third kappa shape index (κ3) is 5.58. The number of methoxy groups -OCH3 is 1. The lowest BCUT2D eigenvalue weighted by molar-refractivity contribution is -0.126. The molecule has 1 N–H and O–H groups in total. The largest absolute Gasteiger partial charge is 0.497 e. The van der Waals surface area contributed by atoms with Crippen molar-refractivity contribution < 1.29 is 17.9 Å². The lowest BCUT2D eigenvalue weighted by Gasteiger charge is -2.30. The van der Waals surface area contributed by atoms with Crippen molar-refractivity contribution in [2.24, 2.45) is 5.92 Å². The number of hydrogen-bond donors (Lipinski definition) is 1. The van der Waals surface area contributed by atoms with Gasteiger partial charge in [0, 0.05) is 25.6 Å². The van der Waals surface area contributed by atoms with E-state index in [4.69, 9.17) is 4.74 Å². The SMILES string of the molecule is COc1ccc(CCCNC(=O)C2CCN(S(=O)(=O)c3ccccc3)CC2)cc1. The number of piperidine rings is 1. The predicted octanol–water partition coefficient (Wildman–Crippen LogP) is 2.84. The van der Waals surface area contributed by atoms with Crippen LogP contribution in [0.3, 0.4) is 0 Å². The number of hydrogen-bond acceptors (Lipinski definition) is 4. The van der Waals surface area contributed by atoms with Crippen LogP contribution in [0.2, 0.25) is 0 Å². The van der Waals surface area contributed by atoms with Crippen LogP contribution in [0.4, 0.5) is 0 Å². The van der Waals surface area contributed by atoms with Crippen LogP contribution in [0, 0.1) is 5.92 Å². The first kappa shape index (κ1) is 21.3. The summed E-state index contributed by atoms with van der Waals surface area (Å²) in [6.07, 6.45) is 2.85. The topological polar surface area (TPSA) is 75.7 Å². The zero-order valence-corrected chi connectivity index (χ0v) is 17.5. The van der Waals surface area contributed by atoms with Gasteiger partial charge in [-0.15, -0.1) is 0 Å². The molecule has 0 bridgehead atoms. The first-order chi connectivity index (χ1) is 14.0. The summed E-state index contributed by atoms with van der Waals surface area (Å²) in [4.78, 5) is 12.7. The molecule has 156 valence electrons. The zero-order chi connectivity index (χ0) is 20.7. The standard InChI is InChI=1S/C22H28N2O4S/c1-28-20-11-9-18(10-12-20)6-5-15-23-22(25)19-13-16-24(17-14-19)29(26,27)21-7-3-2-4-8-21/h2-4,7-12,19H,5-6,13-17H2,1H3,(H,23,25). The van der Waals surface area contributed by atoms with Gasteiger partial charge in [-0.3, -0.25) is 4.79 Å². The summed E-state index contributed by atoms with van der Waals surface area (Å²) in [5.41, 5.74) is 1.21. The molecule has 0 aromatic heterocycles. The van der Waals surface area contributed by atoms with E-state index in [1.165, 1.54) is 9.87 Å². The van der Waals surface area contributed by atoms with E-state index in [9.17, 15) is 13.2 Å². The van der Waals surface area contributed by atoms with Crippen LogP contribution < -0.4 is 10.1 Å². The first-order valence-corrected chi connectivity index (χ1v) is 11.4. The molecule has 7 heteroatoms. The van der Waals surface area contributed by atoms with Gasteiger partial charge in [-0.05, 0) is 55.5 Å². The molecule has 3 rings (SSSR count). The van der Waals surface area contributed by atoms with E-state index in [1.54, 1.807) is 37.4 Å². The van der Waals surface area contributed by atoms with Crippen LogP contribution in [-0.4, -0.2) is 45.4 Å². The molecule has 0 atom stereocenters. The smallest absolute Gasteiger partial charge is 0.243 e. The normalized spacial score (nSPS) is 15.8. The monoisotopic (exact) mass is 416 g/mol.